The van der Waals surface area contributed by atoms with Crippen LogP contribution in [-0.4, -0.2) is 5.71 Å². The molecular weight excluding hydrogens is 314 g/mol. The lowest BCUT2D eigenvalue weighted by atomic mass is 9.81. The minimum atomic E-state index is 0.132. The molecule has 2 atom stereocenters. The first kappa shape index (κ1) is 16.5. The third kappa shape index (κ3) is 3.25. The minimum Gasteiger partial charge on any atom is -0.276 e. The van der Waals surface area contributed by atoms with Crippen LogP contribution in [0.4, 0.5) is 0 Å². The van der Waals surface area contributed by atoms with Crippen molar-refractivity contribution in [3.8, 4) is 0 Å². The van der Waals surface area contributed by atoms with Gasteiger partial charge in [-0.1, -0.05) is 97.4 Å². The van der Waals surface area contributed by atoms with Crippen molar-refractivity contribution < 1.29 is 0 Å². The molecule has 0 aromatic heterocycles. The SMILES string of the molecule is Cc1ccc(C2=CC(c3ccccc3)=NC(c3ccccc3)C2C)cc1. The van der Waals surface area contributed by atoms with Crippen LogP contribution in [0.2, 0.25) is 0 Å². The zero-order valence-electron chi connectivity index (χ0n) is 15.3. The lowest BCUT2D eigenvalue weighted by Crippen LogP contribution is -2.18. The minimum absolute atomic E-state index is 0.132. The molecule has 1 aliphatic heterocycles. The Morgan fingerprint density at radius 1 is 0.692 bits per heavy atom. The van der Waals surface area contributed by atoms with Gasteiger partial charge in [0.05, 0.1) is 11.8 Å². The molecule has 1 heteroatoms. The van der Waals surface area contributed by atoms with E-state index in [1.54, 1.807) is 0 Å². The van der Waals surface area contributed by atoms with E-state index in [9.17, 15) is 0 Å². The molecule has 0 amide bonds. The molecule has 2 unspecified atom stereocenters. The number of hydrogen-bond donors (Lipinski definition) is 0. The van der Waals surface area contributed by atoms with Crippen molar-refractivity contribution >= 4 is 11.3 Å². The summed E-state index contributed by atoms with van der Waals surface area (Å²) in [5, 5.41) is 0. The zero-order valence-corrected chi connectivity index (χ0v) is 15.3. The van der Waals surface area contributed by atoms with Gasteiger partial charge >= 0.3 is 0 Å². The summed E-state index contributed by atoms with van der Waals surface area (Å²) in [5.74, 6) is 0.326. The average molecular weight is 337 g/mol. The fourth-order valence-corrected chi connectivity index (χ4v) is 3.62. The second-order valence-corrected chi connectivity index (χ2v) is 6.99. The van der Waals surface area contributed by atoms with E-state index in [-0.39, 0.29) is 6.04 Å². The van der Waals surface area contributed by atoms with Crippen LogP contribution in [-0.2, 0) is 0 Å². The highest BCUT2D eigenvalue weighted by atomic mass is 14.8. The molecule has 1 aliphatic rings. The number of dihydropyridines is 1. The normalized spacial score (nSPS) is 19.6. The van der Waals surface area contributed by atoms with Crippen LogP contribution >= 0.6 is 0 Å². The fraction of sp³-hybridized carbons (Fsp3) is 0.160. The lowest BCUT2D eigenvalue weighted by Gasteiger charge is -2.29. The third-order valence-electron chi connectivity index (χ3n) is 5.13. The van der Waals surface area contributed by atoms with E-state index in [0.717, 1.165) is 5.71 Å². The second-order valence-electron chi connectivity index (χ2n) is 6.99. The van der Waals surface area contributed by atoms with E-state index in [4.69, 9.17) is 4.99 Å². The van der Waals surface area contributed by atoms with Crippen molar-refractivity contribution in [1.29, 1.82) is 0 Å². The van der Waals surface area contributed by atoms with E-state index in [2.05, 4.69) is 105 Å². The maximum atomic E-state index is 5.14. The Labute approximate surface area is 155 Å². The molecule has 0 spiro atoms. The summed E-state index contributed by atoms with van der Waals surface area (Å²) < 4.78 is 0. The third-order valence-corrected chi connectivity index (χ3v) is 5.13. The molecule has 0 fully saturated rings. The zero-order chi connectivity index (χ0) is 17.9. The number of aliphatic imine (C=N–C) groups is 1. The predicted molar refractivity (Wildman–Crippen MR) is 110 cm³/mol. The fourth-order valence-electron chi connectivity index (χ4n) is 3.62. The smallest absolute Gasteiger partial charge is 0.0822 e. The molecule has 0 N–H and O–H groups in total. The predicted octanol–water partition coefficient (Wildman–Crippen LogP) is 6.26. The number of allylic oxidation sites excluding steroid dienone is 1. The quantitative estimate of drug-likeness (QED) is 0.535. The van der Waals surface area contributed by atoms with Gasteiger partial charge in [0.15, 0.2) is 0 Å². The van der Waals surface area contributed by atoms with E-state index in [0.29, 0.717) is 5.92 Å². The van der Waals surface area contributed by atoms with E-state index < -0.39 is 0 Å². The standard InChI is InChI=1S/C25H23N/c1-18-13-15-20(16-14-18)23-17-24(21-9-5-3-6-10-21)26-25(19(23)2)22-11-7-4-8-12-22/h3-17,19,25H,1-2H3. The first-order valence-electron chi connectivity index (χ1n) is 9.19. The van der Waals surface area contributed by atoms with Crippen molar-refractivity contribution in [2.24, 2.45) is 10.9 Å². The van der Waals surface area contributed by atoms with Gasteiger partial charge in [0.25, 0.3) is 0 Å². The molecular formula is C25H23N. The molecule has 0 bridgehead atoms. The van der Waals surface area contributed by atoms with Crippen LogP contribution in [0.25, 0.3) is 5.57 Å². The van der Waals surface area contributed by atoms with E-state index >= 15 is 0 Å². The first-order valence-corrected chi connectivity index (χ1v) is 9.19. The van der Waals surface area contributed by atoms with Crippen molar-refractivity contribution in [2.45, 2.75) is 19.9 Å². The maximum Gasteiger partial charge on any atom is 0.0822 e. The van der Waals surface area contributed by atoms with Crippen molar-refractivity contribution in [1.82, 2.24) is 0 Å². The number of benzene rings is 3. The van der Waals surface area contributed by atoms with E-state index in [1.807, 2.05) is 0 Å². The van der Waals surface area contributed by atoms with Crippen molar-refractivity contribution in [2.75, 3.05) is 0 Å². The highest BCUT2D eigenvalue weighted by Crippen LogP contribution is 2.40. The van der Waals surface area contributed by atoms with Crippen molar-refractivity contribution in [3.05, 3.63) is 113 Å². The number of hydrogen-bond acceptors (Lipinski definition) is 1. The Hall–Kier alpha value is -2.93. The largest absolute Gasteiger partial charge is 0.276 e. The number of nitrogens with zero attached hydrogens (tertiary/aromatic N) is 1. The Bertz CT molecular complexity index is 934. The summed E-state index contributed by atoms with van der Waals surface area (Å²) in [6.45, 7) is 4.42. The van der Waals surface area contributed by atoms with E-state index in [1.165, 1.54) is 27.8 Å². The summed E-state index contributed by atoms with van der Waals surface area (Å²) in [6.07, 6.45) is 2.27. The van der Waals surface area contributed by atoms with Crippen LogP contribution in [0.15, 0.2) is 96.0 Å². The van der Waals surface area contributed by atoms with Gasteiger partial charge in [0, 0.05) is 5.92 Å². The maximum absolute atomic E-state index is 5.14. The topological polar surface area (TPSA) is 12.4 Å². The average Bonchev–Trinajstić information content (AvgIpc) is 2.70. The van der Waals surface area contributed by atoms with Crippen LogP contribution in [0.3, 0.4) is 0 Å². The Morgan fingerprint density at radius 3 is 1.96 bits per heavy atom. The van der Waals surface area contributed by atoms with Gasteiger partial charge in [-0.25, -0.2) is 0 Å². The van der Waals surface area contributed by atoms with Gasteiger partial charge in [-0.2, -0.15) is 0 Å². The molecule has 128 valence electrons. The van der Waals surface area contributed by atoms with Gasteiger partial charge in [0.2, 0.25) is 0 Å². The Balaban J connectivity index is 1.83. The Kier molecular flexibility index (Phi) is 4.53. The summed E-state index contributed by atoms with van der Waals surface area (Å²) >= 11 is 0. The molecule has 0 radical (unpaired) electrons. The second kappa shape index (κ2) is 7.13. The van der Waals surface area contributed by atoms with Gasteiger partial charge < -0.3 is 0 Å². The lowest BCUT2D eigenvalue weighted by molar-refractivity contribution is 0.579. The number of rotatable bonds is 3. The van der Waals surface area contributed by atoms with Crippen LogP contribution in [0.1, 0.15) is 35.2 Å². The summed E-state index contributed by atoms with van der Waals surface area (Å²) in [5.41, 5.74) is 7.43. The summed E-state index contributed by atoms with van der Waals surface area (Å²) in [7, 11) is 0. The summed E-state index contributed by atoms with van der Waals surface area (Å²) in [4.78, 5) is 5.14. The van der Waals surface area contributed by atoms with Crippen LogP contribution < -0.4 is 0 Å². The first-order chi connectivity index (χ1) is 12.7. The molecule has 3 aromatic rings. The van der Waals surface area contributed by atoms with Crippen LogP contribution in [0.5, 0.6) is 0 Å². The molecule has 0 saturated heterocycles. The molecule has 3 aromatic carbocycles. The number of aryl methyl sites for hydroxylation is 1. The molecule has 1 nitrogen and oxygen atoms in total. The van der Waals surface area contributed by atoms with Crippen LogP contribution in [0, 0.1) is 12.8 Å². The highest BCUT2D eigenvalue weighted by Gasteiger charge is 2.27. The summed E-state index contributed by atoms with van der Waals surface area (Å²) in [6, 6.07) is 30.1. The Morgan fingerprint density at radius 2 is 1.31 bits per heavy atom. The molecule has 0 aliphatic carbocycles. The van der Waals surface area contributed by atoms with Gasteiger partial charge in [-0.15, -0.1) is 0 Å². The van der Waals surface area contributed by atoms with Gasteiger partial charge in [-0.05, 0) is 35.3 Å². The molecule has 1 heterocycles. The molecule has 4 rings (SSSR count). The van der Waals surface area contributed by atoms with Gasteiger partial charge in [-0.3, -0.25) is 4.99 Å². The highest BCUT2D eigenvalue weighted by molar-refractivity contribution is 6.13. The molecule has 26 heavy (non-hydrogen) atoms. The molecule has 0 saturated carbocycles. The van der Waals surface area contributed by atoms with Gasteiger partial charge in [0.1, 0.15) is 0 Å². The van der Waals surface area contributed by atoms with Crippen molar-refractivity contribution in [3.63, 3.8) is 0 Å². The monoisotopic (exact) mass is 337 g/mol.